The van der Waals surface area contributed by atoms with Crippen molar-refractivity contribution >= 4 is 27.5 Å². The Balaban J connectivity index is 1.57. The maximum atomic E-state index is 12.3. The Bertz CT molecular complexity index is 953. The van der Waals surface area contributed by atoms with E-state index in [0.717, 1.165) is 16.8 Å². The van der Waals surface area contributed by atoms with Gasteiger partial charge in [0.15, 0.2) is 0 Å². The van der Waals surface area contributed by atoms with Crippen molar-refractivity contribution in [1.82, 2.24) is 5.32 Å². The van der Waals surface area contributed by atoms with Crippen LogP contribution in [0.25, 0.3) is 0 Å². The SMILES string of the molecule is NS(=O)(=O)c1ccc(CCNC(=O)c2ccc3c(c2)CCC(=O)N3)cc1. The summed E-state index contributed by atoms with van der Waals surface area (Å²) in [5.74, 6) is -0.200. The molecule has 8 heteroatoms. The summed E-state index contributed by atoms with van der Waals surface area (Å²) in [6, 6.07) is 11.5. The molecule has 0 radical (unpaired) electrons. The molecule has 0 aromatic heterocycles. The number of amides is 2. The second-order valence-corrected chi connectivity index (χ2v) is 7.68. The number of carbonyl (C=O) groups excluding carboxylic acids is 2. The third-order valence-corrected chi connectivity index (χ3v) is 5.14. The Kier molecular flexibility index (Phi) is 5.06. The number of fused-ring (bicyclic) bond motifs is 1. The fraction of sp³-hybridized carbons (Fsp3) is 0.222. The standard InChI is InChI=1S/C18H19N3O4S/c19-26(24,25)15-5-1-12(2-6-15)9-10-20-18(23)14-3-7-16-13(11-14)4-8-17(22)21-16/h1-3,5-7,11H,4,8-10H2,(H,20,23)(H,21,22)(H2,19,24,25). The fourth-order valence-corrected chi connectivity index (χ4v) is 3.31. The van der Waals surface area contributed by atoms with E-state index in [1.807, 2.05) is 0 Å². The summed E-state index contributed by atoms with van der Waals surface area (Å²) in [5.41, 5.74) is 3.15. The highest BCUT2D eigenvalue weighted by atomic mass is 32.2. The molecule has 136 valence electrons. The molecule has 7 nitrogen and oxygen atoms in total. The van der Waals surface area contributed by atoms with Gasteiger partial charge in [-0.2, -0.15) is 0 Å². The van der Waals surface area contributed by atoms with Gasteiger partial charge in [0, 0.05) is 24.2 Å². The molecule has 0 saturated heterocycles. The molecule has 3 rings (SSSR count). The maximum absolute atomic E-state index is 12.3. The van der Waals surface area contributed by atoms with Crippen molar-refractivity contribution in [2.45, 2.75) is 24.2 Å². The van der Waals surface area contributed by atoms with Gasteiger partial charge in [-0.1, -0.05) is 12.1 Å². The van der Waals surface area contributed by atoms with Gasteiger partial charge in [-0.05, 0) is 54.3 Å². The van der Waals surface area contributed by atoms with Crippen molar-refractivity contribution in [2.24, 2.45) is 5.14 Å². The predicted octanol–water partition coefficient (Wildman–Crippen LogP) is 1.19. The van der Waals surface area contributed by atoms with Crippen molar-refractivity contribution in [1.29, 1.82) is 0 Å². The van der Waals surface area contributed by atoms with Gasteiger partial charge in [0.05, 0.1) is 4.90 Å². The first kappa shape index (κ1) is 18.1. The van der Waals surface area contributed by atoms with Gasteiger partial charge >= 0.3 is 0 Å². The first-order valence-corrected chi connectivity index (χ1v) is 9.70. The van der Waals surface area contributed by atoms with Gasteiger partial charge in [0.2, 0.25) is 15.9 Å². The number of rotatable bonds is 5. The zero-order valence-electron chi connectivity index (χ0n) is 14.0. The largest absolute Gasteiger partial charge is 0.352 e. The van der Waals surface area contributed by atoms with Crippen LogP contribution in [0.3, 0.4) is 0 Å². The third-order valence-electron chi connectivity index (χ3n) is 4.21. The van der Waals surface area contributed by atoms with Crippen molar-refractivity contribution in [3.63, 3.8) is 0 Å². The average molecular weight is 373 g/mol. The summed E-state index contributed by atoms with van der Waals surface area (Å²) in [6.45, 7) is 0.418. The van der Waals surface area contributed by atoms with E-state index in [0.29, 0.717) is 31.4 Å². The van der Waals surface area contributed by atoms with E-state index in [1.165, 1.54) is 12.1 Å². The van der Waals surface area contributed by atoms with Crippen LogP contribution in [0.4, 0.5) is 5.69 Å². The van der Waals surface area contributed by atoms with Crippen LogP contribution in [0.5, 0.6) is 0 Å². The molecule has 0 bridgehead atoms. The summed E-state index contributed by atoms with van der Waals surface area (Å²) < 4.78 is 22.4. The summed E-state index contributed by atoms with van der Waals surface area (Å²) in [6.07, 6.45) is 1.61. The lowest BCUT2D eigenvalue weighted by Crippen LogP contribution is -2.26. The van der Waals surface area contributed by atoms with Gasteiger partial charge in [0.1, 0.15) is 0 Å². The van der Waals surface area contributed by atoms with Gasteiger partial charge in [-0.25, -0.2) is 13.6 Å². The first-order valence-electron chi connectivity index (χ1n) is 8.16. The number of nitrogens with two attached hydrogens (primary N) is 1. The highest BCUT2D eigenvalue weighted by Gasteiger charge is 2.16. The van der Waals surface area contributed by atoms with Crippen LogP contribution in [0.15, 0.2) is 47.4 Å². The zero-order valence-corrected chi connectivity index (χ0v) is 14.8. The molecule has 4 N–H and O–H groups in total. The third kappa shape index (κ3) is 4.27. The molecular weight excluding hydrogens is 354 g/mol. The smallest absolute Gasteiger partial charge is 0.251 e. The van der Waals surface area contributed by atoms with Crippen molar-refractivity contribution in [3.05, 3.63) is 59.2 Å². The fourth-order valence-electron chi connectivity index (χ4n) is 2.79. The number of aryl methyl sites for hydroxylation is 1. The second-order valence-electron chi connectivity index (χ2n) is 6.11. The van der Waals surface area contributed by atoms with Crippen LogP contribution in [0.1, 0.15) is 27.9 Å². The highest BCUT2D eigenvalue weighted by Crippen LogP contribution is 2.23. The molecule has 0 atom stereocenters. The number of primary sulfonamides is 1. The van der Waals surface area contributed by atoms with Crippen LogP contribution < -0.4 is 15.8 Å². The van der Waals surface area contributed by atoms with Crippen LogP contribution in [-0.4, -0.2) is 26.8 Å². The summed E-state index contributed by atoms with van der Waals surface area (Å²) in [5, 5.41) is 10.7. The lowest BCUT2D eigenvalue weighted by Gasteiger charge is -2.17. The van der Waals surface area contributed by atoms with E-state index in [-0.39, 0.29) is 16.7 Å². The molecule has 2 aromatic rings. The summed E-state index contributed by atoms with van der Waals surface area (Å²) in [7, 11) is -3.70. The Labute approximate surface area is 151 Å². The number of hydrogen-bond acceptors (Lipinski definition) is 4. The molecule has 1 heterocycles. The van der Waals surface area contributed by atoms with Crippen LogP contribution >= 0.6 is 0 Å². The molecule has 2 amide bonds. The molecule has 0 aliphatic carbocycles. The summed E-state index contributed by atoms with van der Waals surface area (Å²) in [4.78, 5) is 23.7. The molecular formula is C18H19N3O4S. The number of anilines is 1. The molecule has 0 saturated carbocycles. The first-order chi connectivity index (χ1) is 12.3. The molecule has 0 spiro atoms. The monoisotopic (exact) mass is 373 g/mol. The van der Waals surface area contributed by atoms with Crippen molar-refractivity contribution in [3.8, 4) is 0 Å². The minimum Gasteiger partial charge on any atom is -0.352 e. The van der Waals surface area contributed by atoms with E-state index in [2.05, 4.69) is 10.6 Å². The predicted molar refractivity (Wildman–Crippen MR) is 97.2 cm³/mol. The van der Waals surface area contributed by atoms with E-state index in [1.54, 1.807) is 30.3 Å². The van der Waals surface area contributed by atoms with E-state index in [4.69, 9.17) is 5.14 Å². The number of nitrogens with one attached hydrogen (secondary N) is 2. The summed E-state index contributed by atoms with van der Waals surface area (Å²) >= 11 is 0. The van der Waals surface area contributed by atoms with Crippen molar-refractivity contribution < 1.29 is 18.0 Å². The molecule has 1 aliphatic rings. The van der Waals surface area contributed by atoms with Crippen LogP contribution in [0, 0.1) is 0 Å². The topological polar surface area (TPSA) is 118 Å². The average Bonchev–Trinajstić information content (AvgIpc) is 2.61. The minimum absolute atomic E-state index is 0.0110. The molecule has 0 unspecified atom stereocenters. The number of carbonyl (C=O) groups is 2. The molecule has 26 heavy (non-hydrogen) atoms. The minimum atomic E-state index is -3.70. The van der Waals surface area contributed by atoms with Gasteiger partial charge in [-0.15, -0.1) is 0 Å². The number of hydrogen-bond donors (Lipinski definition) is 3. The Morgan fingerprint density at radius 3 is 2.54 bits per heavy atom. The molecule has 2 aromatic carbocycles. The van der Waals surface area contributed by atoms with E-state index < -0.39 is 10.0 Å². The Morgan fingerprint density at radius 2 is 1.85 bits per heavy atom. The van der Waals surface area contributed by atoms with Gasteiger partial charge < -0.3 is 10.6 Å². The zero-order chi connectivity index (χ0) is 18.7. The Hall–Kier alpha value is -2.71. The maximum Gasteiger partial charge on any atom is 0.251 e. The van der Waals surface area contributed by atoms with Crippen molar-refractivity contribution in [2.75, 3.05) is 11.9 Å². The normalized spacial score (nSPS) is 13.7. The van der Waals surface area contributed by atoms with Crippen LogP contribution in [-0.2, 0) is 27.7 Å². The van der Waals surface area contributed by atoms with E-state index in [9.17, 15) is 18.0 Å². The highest BCUT2D eigenvalue weighted by molar-refractivity contribution is 7.89. The molecule has 0 fully saturated rings. The quantitative estimate of drug-likeness (QED) is 0.729. The van der Waals surface area contributed by atoms with Crippen LogP contribution in [0.2, 0.25) is 0 Å². The molecule has 1 aliphatic heterocycles. The van der Waals surface area contributed by atoms with Gasteiger partial charge in [0.25, 0.3) is 5.91 Å². The Morgan fingerprint density at radius 1 is 1.12 bits per heavy atom. The lowest BCUT2D eigenvalue weighted by molar-refractivity contribution is -0.116. The second kappa shape index (κ2) is 7.27. The number of sulfonamides is 1. The van der Waals surface area contributed by atoms with Gasteiger partial charge in [-0.3, -0.25) is 9.59 Å². The lowest BCUT2D eigenvalue weighted by atomic mass is 10.00. The number of benzene rings is 2. The van der Waals surface area contributed by atoms with E-state index >= 15 is 0 Å².